The summed E-state index contributed by atoms with van der Waals surface area (Å²) in [5.41, 5.74) is 0.0446. The van der Waals surface area contributed by atoms with Gasteiger partial charge in [0.25, 0.3) is 11.6 Å². The lowest BCUT2D eigenvalue weighted by Crippen LogP contribution is -2.26. The standard InChI is InChI=1S/C11H9BrN4O4/c12-10-7(2-1-3-8(10)16(18)19)11(17)13-5-4-9-14-6-20-15-9/h1-3,6H,4-5H2,(H,13,17). The van der Waals surface area contributed by atoms with Gasteiger partial charge >= 0.3 is 0 Å². The molecule has 1 aromatic heterocycles. The molecule has 0 aliphatic carbocycles. The van der Waals surface area contributed by atoms with Crippen molar-refractivity contribution in [2.24, 2.45) is 0 Å². The minimum absolute atomic E-state index is 0.155. The second-order valence-electron chi connectivity index (χ2n) is 3.75. The maximum atomic E-state index is 11.9. The fourth-order valence-electron chi connectivity index (χ4n) is 1.52. The molecule has 0 unspecified atom stereocenters. The van der Waals surface area contributed by atoms with E-state index in [0.717, 1.165) is 0 Å². The molecular weight excluding hydrogens is 332 g/mol. The maximum Gasteiger partial charge on any atom is 0.284 e. The number of nitro groups is 1. The highest BCUT2D eigenvalue weighted by Crippen LogP contribution is 2.28. The van der Waals surface area contributed by atoms with Gasteiger partial charge in [0, 0.05) is 19.0 Å². The third-order valence-electron chi connectivity index (χ3n) is 2.46. The molecule has 20 heavy (non-hydrogen) atoms. The number of carbonyl (C=O) groups is 1. The molecular formula is C11H9BrN4O4. The highest BCUT2D eigenvalue weighted by molar-refractivity contribution is 9.10. The van der Waals surface area contributed by atoms with Crippen molar-refractivity contribution in [3.05, 3.63) is 50.6 Å². The highest BCUT2D eigenvalue weighted by atomic mass is 79.9. The molecule has 0 fully saturated rings. The highest BCUT2D eigenvalue weighted by Gasteiger charge is 2.19. The average Bonchev–Trinajstić information content (AvgIpc) is 2.91. The molecule has 0 saturated carbocycles. The number of benzene rings is 1. The number of halogens is 1. The van der Waals surface area contributed by atoms with E-state index in [2.05, 4.69) is 35.9 Å². The Morgan fingerprint density at radius 2 is 2.30 bits per heavy atom. The minimum Gasteiger partial charge on any atom is -0.352 e. The first kappa shape index (κ1) is 14.1. The number of hydrogen-bond donors (Lipinski definition) is 1. The molecule has 2 rings (SSSR count). The van der Waals surface area contributed by atoms with E-state index < -0.39 is 10.8 Å². The van der Waals surface area contributed by atoms with Gasteiger partial charge in [-0.05, 0) is 22.0 Å². The number of carbonyl (C=O) groups excluding carboxylic acids is 1. The zero-order valence-electron chi connectivity index (χ0n) is 10.1. The second kappa shape index (κ2) is 6.24. The molecule has 104 valence electrons. The quantitative estimate of drug-likeness (QED) is 0.655. The van der Waals surface area contributed by atoms with E-state index in [9.17, 15) is 14.9 Å². The zero-order valence-corrected chi connectivity index (χ0v) is 11.7. The Hall–Kier alpha value is -2.29. The van der Waals surface area contributed by atoms with Crippen molar-refractivity contribution in [1.82, 2.24) is 15.5 Å². The van der Waals surface area contributed by atoms with Crippen LogP contribution in [0.15, 0.2) is 33.6 Å². The van der Waals surface area contributed by atoms with E-state index in [1.165, 1.54) is 24.6 Å². The molecule has 8 nitrogen and oxygen atoms in total. The number of aromatic nitrogens is 2. The Labute approximate surface area is 121 Å². The molecule has 0 saturated heterocycles. The summed E-state index contributed by atoms with van der Waals surface area (Å²) in [5.74, 6) is 0.0625. The first-order valence-electron chi connectivity index (χ1n) is 5.56. The van der Waals surface area contributed by atoms with Crippen molar-refractivity contribution in [2.45, 2.75) is 6.42 Å². The van der Waals surface area contributed by atoms with Crippen LogP contribution in [0.5, 0.6) is 0 Å². The zero-order chi connectivity index (χ0) is 14.5. The maximum absolute atomic E-state index is 11.9. The van der Waals surface area contributed by atoms with Gasteiger partial charge in [0.2, 0.25) is 6.39 Å². The molecule has 9 heteroatoms. The number of nitro benzene ring substituents is 1. The van der Waals surface area contributed by atoms with Gasteiger partial charge in [0.15, 0.2) is 5.82 Å². The first-order chi connectivity index (χ1) is 9.59. The first-order valence-corrected chi connectivity index (χ1v) is 6.35. The molecule has 1 N–H and O–H groups in total. The molecule has 0 bridgehead atoms. The summed E-state index contributed by atoms with van der Waals surface area (Å²) in [5, 5.41) is 17.0. The van der Waals surface area contributed by atoms with Crippen molar-refractivity contribution in [2.75, 3.05) is 6.54 Å². The van der Waals surface area contributed by atoms with Crippen molar-refractivity contribution >= 4 is 27.5 Å². The van der Waals surface area contributed by atoms with Crippen LogP contribution in [0.25, 0.3) is 0 Å². The van der Waals surface area contributed by atoms with Crippen LogP contribution in [0, 0.1) is 10.1 Å². The predicted molar refractivity (Wildman–Crippen MR) is 71.1 cm³/mol. The Kier molecular flexibility index (Phi) is 4.41. The number of nitrogens with zero attached hydrogens (tertiary/aromatic N) is 3. The fraction of sp³-hybridized carbons (Fsp3) is 0.182. The Morgan fingerprint density at radius 3 is 2.95 bits per heavy atom. The molecule has 0 aliphatic rings. The van der Waals surface area contributed by atoms with Crippen LogP contribution in [0.2, 0.25) is 0 Å². The lowest BCUT2D eigenvalue weighted by molar-refractivity contribution is -0.385. The van der Waals surface area contributed by atoms with E-state index in [-0.39, 0.29) is 15.7 Å². The van der Waals surface area contributed by atoms with Gasteiger partial charge in [-0.15, -0.1) is 0 Å². The average molecular weight is 341 g/mol. The van der Waals surface area contributed by atoms with Gasteiger partial charge in [-0.25, -0.2) is 0 Å². The summed E-state index contributed by atoms with van der Waals surface area (Å²) in [6, 6.07) is 4.28. The predicted octanol–water partition coefficient (Wildman–Crippen LogP) is 1.71. The van der Waals surface area contributed by atoms with E-state index >= 15 is 0 Å². The fourth-order valence-corrected chi connectivity index (χ4v) is 2.11. The third kappa shape index (κ3) is 3.18. The SMILES string of the molecule is O=C(NCCc1ncon1)c1cccc([N+](=O)[O-])c1Br. The van der Waals surface area contributed by atoms with Crippen molar-refractivity contribution in [3.8, 4) is 0 Å². The summed E-state index contributed by atoms with van der Waals surface area (Å²) in [7, 11) is 0. The molecule has 2 aromatic rings. The van der Waals surface area contributed by atoms with Crippen LogP contribution >= 0.6 is 15.9 Å². The van der Waals surface area contributed by atoms with Crippen LogP contribution in [0.1, 0.15) is 16.2 Å². The van der Waals surface area contributed by atoms with Crippen molar-refractivity contribution < 1.29 is 14.2 Å². The van der Waals surface area contributed by atoms with Crippen LogP contribution in [-0.2, 0) is 6.42 Å². The second-order valence-corrected chi connectivity index (χ2v) is 4.54. The van der Waals surface area contributed by atoms with Crippen LogP contribution in [-0.4, -0.2) is 27.5 Å². The number of amides is 1. The summed E-state index contributed by atoms with van der Waals surface area (Å²) in [4.78, 5) is 26.0. The van der Waals surface area contributed by atoms with Crippen molar-refractivity contribution in [3.63, 3.8) is 0 Å². The van der Waals surface area contributed by atoms with Gasteiger partial charge in [-0.2, -0.15) is 4.98 Å². The summed E-state index contributed by atoms with van der Waals surface area (Å²) in [6.45, 7) is 0.299. The van der Waals surface area contributed by atoms with Crippen LogP contribution < -0.4 is 5.32 Å². The lowest BCUT2D eigenvalue weighted by Gasteiger charge is -2.05. The molecule has 0 radical (unpaired) electrons. The normalized spacial score (nSPS) is 10.2. The van der Waals surface area contributed by atoms with Gasteiger partial charge in [0.05, 0.1) is 10.5 Å². The smallest absolute Gasteiger partial charge is 0.284 e. The summed E-state index contributed by atoms with van der Waals surface area (Å²) >= 11 is 3.07. The largest absolute Gasteiger partial charge is 0.352 e. The van der Waals surface area contributed by atoms with Gasteiger partial charge in [0.1, 0.15) is 4.47 Å². The molecule has 0 atom stereocenters. The summed E-state index contributed by atoms with van der Waals surface area (Å²) in [6.07, 6.45) is 1.61. The number of rotatable bonds is 5. The van der Waals surface area contributed by atoms with Crippen LogP contribution in [0.4, 0.5) is 5.69 Å². The monoisotopic (exact) mass is 340 g/mol. The molecule has 1 aromatic carbocycles. The van der Waals surface area contributed by atoms with Gasteiger partial charge in [-0.1, -0.05) is 11.2 Å². The van der Waals surface area contributed by atoms with E-state index in [4.69, 9.17) is 0 Å². The molecule has 0 spiro atoms. The Balaban J connectivity index is 2.02. The van der Waals surface area contributed by atoms with E-state index in [1.807, 2.05) is 0 Å². The topological polar surface area (TPSA) is 111 Å². The Bertz CT molecular complexity index is 629. The molecule has 1 heterocycles. The number of hydrogen-bond acceptors (Lipinski definition) is 6. The van der Waals surface area contributed by atoms with E-state index in [0.29, 0.717) is 18.8 Å². The molecule has 0 aliphatic heterocycles. The number of nitrogens with one attached hydrogen (secondary N) is 1. The van der Waals surface area contributed by atoms with Gasteiger partial charge in [-0.3, -0.25) is 14.9 Å². The third-order valence-corrected chi connectivity index (χ3v) is 3.29. The van der Waals surface area contributed by atoms with Gasteiger partial charge < -0.3 is 9.84 Å². The lowest BCUT2D eigenvalue weighted by atomic mass is 10.2. The Morgan fingerprint density at radius 1 is 1.50 bits per heavy atom. The van der Waals surface area contributed by atoms with Crippen molar-refractivity contribution in [1.29, 1.82) is 0 Å². The van der Waals surface area contributed by atoms with E-state index in [1.54, 1.807) is 0 Å². The summed E-state index contributed by atoms with van der Waals surface area (Å²) < 4.78 is 4.72. The molecule has 1 amide bonds. The minimum atomic E-state index is -0.555. The van der Waals surface area contributed by atoms with Crippen LogP contribution in [0.3, 0.4) is 0 Å².